The largest absolute Gasteiger partial charge is 0.274 e. The Morgan fingerprint density at radius 2 is 2.18 bits per heavy atom. The maximum atomic E-state index is 13.7. The molecule has 5 heteroatoms. The van der Waals surface area contributed by atoms with E-state index in [-0.39, 0.29) is 17.7 Å². The van der Waals surface area contributed by atoms with Crippen molar-refractivity contribution in [2.24, 2.45) is 5.92 Å². The minimum absolute atomic E-state index is 0.0802. The molecule has 2 rings (SSSR count). The number of carbonyl (C=O) groups excluding carboxylic acids is 2. The summed E-state index contributed by atoms with van der Waals surface area (Å²) in [7, 11) is 0. The third-order valence-corrected chi connectivity index (χ3v) is 2.69. The van der Waals surface area contributed by atoms with Gasteiger partial charge in [0, 0.05) is 12.3 Å². The predicted molar refractivity (Wildman–Crippen MR) is 57.4 cm³/mol. The molecule has 1 heterocycles. The molecule has 1 aromatic rings. The number of anilines is 1. The van der Waals surface area contributed by atoms with Gasteiger partial charge in [-0.25, -0.2) is 9.29 Å². The molecule has 0 saturated carbocycles. The van der Waals surface area contributed by atoms with E-state index in [9.17, 15) is 14.0 Å². The third-order valence-electron chi connectivity index (χ3n) is 2.69. The van der Waals surface area contributed by atoms with E-state index in [0.717, 1.165) is 11.0 Å². The second kappa shape index (κ2) is 3.98. The Balaban J connectivity index is 2.45. The van der Waals surface area contributed by atoms with E-state index >= 15 is 0 Å². The Hall–Kier alpha value is -2.22. The molecule has 0 radical (unpaired) electrons. The molecule has 86 valence electrons. The normalized spacial score (nSPS) is 19.6. The van der Waals surface area contributed by atoms with Gasteiger partial charge in [0.15, 0.2) is 0 Å². The molecular formula is C12H9FN2O2. The summed E-state index contributed by atoms with van der Waals surface area (Å²) in [6.45, 7) is 1.63. The Morgan fingerprint density at radius 1 is 1.47 bits per heavy atom. The second-order valence-electron chi connectivity index (χ2n) is 3.95. The number of hydrogen-bond donors (Lipinski definition) is 0. The lowest BCUT2D eigenvalue weighted by atomic mass is 10.1. The van der Waals surface area contributed by atoms with Crippen LogP contribution >= 0.6 is 0 Å². The quantitative estimate of drug-likeness (QED) is 0.691. The SMILES string of the molecule is CC1CC(=O)N(c2ccc(C#N)cc2F)C1=O. The zero-order valence-electron chi connectivity index (χ0n) is 9.11. The molecule has 1 atom stereocenters. The van der Waals surface area contributed by atoms with Crippen molar-refractivity contribution in [1.29, 1.82) is 5.26 Å². The van der Waals surface area contributed by atoms with Crippen molar-refractivity contribution in [2.75, 3.05) is 4.90 Å². The molecule has 1 aromatic carbocycles. The lowest BCUT2D eigenvalue weighted by Crippen LogP contribution is -2.30. The van der Waals surface area contributed by atoms with Gasteiger partial charge in [0.05, 0.1) is 17.3 Å². The lowest BCUT2D eigenvalue weighted by Gasteiger charge is -2.15. The molecular weight excluding hydrogens is 223 g/mol. The van der Waals surface area contributed by atoms with Crippen molar-refractivity contribution in [3.63, 3.8) is 0 Å². The average molecular weight is 232 g/mol. The van der Waals surface area contributed by atoms with Crippen molar-refractivity contribution in [3.8, 4) is 6.07 Å². The minimum atomic E-state index is -0.736. The van der Waals surface area contributed by atoms with Gasteiger partial charge in [0.1, 0.15) is 5.82 Å². The van der Waals surface area contributed by atoms with Gasteiger partial charge in [-0.05, 0) is 18.2 Å². The molecule has 1 aliphatic rings. The highest BCUT2D eigenvalue weighted by Gasteiger charge is 2.37. The van der Waals surface area contributed by atoms with E-state index in [1.54, 1.807) is 13.0 Å². The number of imide groups is 1. The van der Waals surface area contributed by atoms with E-state index in [1.807, 2.05) is 0 Å². The molecule has 1 aliphatic heterocycles. The van der Waals surface area contributed by atoms with Crippen LogP contribution in [0.5, 0.6) is 0 Å². The molecule has 0 aromatic heterocycles. The van der Waals surface area contributed by atoms with Gasteiger partial charge >= 0.3 is 0 Å². The molecule has 17 heavy (non-hydrogen) atoms. The molecule has 4 nitrogen and oxygen atoms in total. The van der Waals surface area contributed by atoms with Crippen LogP contribution in [0.4, 0.5) is 10.1 Å². The number of halogens is 1. The Morgan fingerprint density at radius 3 is 2.65 bits per heavy atom. The van der Waals surface area contributed by atoms with Crippen molar-refractivity contribution in [1.82, 2.24) is 0 Å². The first-order valence-corrected chi connectivity index (χ1v) is 5.11. The Kier molecular flexibility index (Phi) is 2.64. The van der Waals surface area contributed by atoms with Crippen LogP contribution in [0.15, 0.2) is 18.2 Å². The molecule has 2 amide bonds. The van der Waals surface area contributed by atoms with E-state index in [0.29, 0.717) is 0 Å². The number of rotatable bonds is 1. The third kappa shape index (κ3) is 1.78. The molecule has 0 N–H and O–H groups in total. The number of benzene rings is 1. The van der Waals surface area contributed by atoms with Gasteiger partial charge in [-0.2, -0.15) is 5.26 Å². The standard InChI is InChI=1S/C12H9FN2O2/c1-7-4-11(16)15(12(7)17)10-3-2-8(6-14)5-9(10)13/h2-3,5,7H,4H2,1H3. The van der Waals surface area contributed by atoms with Gasteiger partial charge in [-0.15, -0.1) is 0 Å². The summed E-state index contributed by atoms with van der Waals surface area (Å²) in [5.74, 6) is -1.97. The van der Waals surface area contributed by atoms with Gasteiger partial charge in [-0.3, -0.25) is 9.59 Å². The van der Waals surface area contributed by atoms with Crippen molar-refractivity contribution in [3.05, 3.63) is 29.6 Å². The summed E-state index contributed by atoms with van der Waals surface area (Å²) in [6, 6.07) is 5.46. The minimum Gasteiger partial charge on any atom is -0.274 e. The van der Waals surface area contributed by atoms with Crippen LogP contribution in [0, 0.1) is 23.1 Å². The average Bonchev–Trinajstić information content (AvgIpc) is 2.54. The van der Waals surface area contributed by atoms with E-state index < -0.39 is 23.5 Å². The summed E-state index contributed by atoms with van der Waals surface area (Å²) < 4.78 is 13.7. The van der Waals surface area contributed by atoms with Crippen LogP contribution in [0.3, 0.4) is 0 Å². The van der Waals surface area contributed by atoms with Crippen molar-refractivity contribution >= 4 is 17.5 Å². The smallest absolute Gasteiger partial charge is 0.237 e. The maximum absolute atomic E-state index is 13.7. The number of carbonyl (C=O) groups is 2. The fourth-order valence-corrected chi connectivity index (χ4v) is 1.79. The molecule has 1 fully saturated rings. The maximum Gasteiger partial charge on any atom is 0.237 e. The number of nitrogens with zero attached hydrogens (tertiary/aromatic N) is 2. The summed E-state index contributed by atoms with van der Waals surface area (Å²) in [5, 5.41) is 8.60. The highest BCUT2D eigenvalue weighted by molar-refractivity contribution is 6.20. The zero-order chi connectivity index (χ0) is 12.6. The zero-order valence-corrected chi connectivity index (χ0v) is 9.11. The fraction of sp³-hybridized carbons (Fsp3) is 0.250. The summed E-state index contributed by atoms with van der Waals surface area (Å²) in [4.78, 5) is 24.1. The second-order valence-corrected chi connectivity index (χ2v) is 3.95. The predicted octanol–water partition coefficient (Wildman–Crippen LogP) is 1.60. The van der Waals surface area contributed by atoms with Crippen LogP contribution < -0.4 is 4.90 Å². The highest BCUT2D eigenvalue weighted by atomic mass is 19.1. The molecule has 1 unspecified atom stereocenters. The topological polar surface area (TPSA) is 61.2 Å². The van der Waals surface area contributed by atoms with Gasteiger partial charge in [0.2, 0.25) is 11.8 Å². The number of hydrogen-bond acceptors (Lipinski definition) is 3. The van der Waals surface area contributed by atoms with Crippen LogP contribution in [-0.4, -0.2) is 11.8 Å². The Labute approximate surface area is 97.3 Å². The fourth-order valence-electron chi connectivity index (χ4n) is 1.79. The van der Waals surface area contributed by atoms with Gasteiger partial charge in [0.25, 0.3) is 0 Å². The Bertz CT molecular complexity index is 548. The molecule has 0 aliphatic carbocycles. The monoisotopic (exact) mass is 232 g/mol. The molecule has 0 bridgehead atoms. The van der Waals surface area contributed by atoms with Crippen LogP contribution in [0.2, 0.25) is 0 Å². The summed E-state index contributed by atoms with van der Waals surface area (Å²) in [5.41, 5.74) is 0.0711. The van der Waals surface area contributed by atoms with E-state index in [2.05, 4.69) is 0 Å². The van der Waals surface area contributed by atoms with Crippen LogP contribution in [0.25, 0.3) is 0 Å². The molecule has 0 spiro atoms. The molecule has 1 saturated heterocycles. The first kappa shape index (κ1) is 11.3. The van der Waals surface area contributed by atoms with Gasteiger partial charge < -0.3 is 0 Å². The highest BCUT2D eigenvalue weighted by Crippen LogP contribution is 2.28. The van der Waals surface area contributed by atoms with Crippen LogP contribution in [0.1, 0.15) is 18.9 Å². The lowest BCUT2D eigenvalue weighted by molar-refractivity contribution is -0.122. The summed E-state index contributed by atoms with van der Waals surface area (Å²) in [6.07, 6.45) is 0.0955. The summed E-state index contributed by atoms with van der Waals surface area (Å²) >= 11 is 0. The van der Waals surface area contributed by atoms with Crippen molar-refractivity contribution in [2.45, 2.75) is 13.3 Å². The van der Waals surface area contributed by atoms with Crippen LogP contribution in [-0.2, 0) is 9.59 Å². The van der Waals surface area contributed by atoms with Crippen molar-refractivity contribution < 1.29 is 14.0 Å². The van der Waals surface area contributed by atoms with Gasteiger partial charge in [-0.1, -0.05) is 6.92 Å². The van der Waals surface area contributed by atoms with E-state index in [1.165, 1.54) is 12.1 Å². The first-order chi connectivity index (χ1) is 8.04. The van der Waals surface area contributed by atoms with E-state index in [4.69, 9.17) is 5.26 Å². The number of amides is 2. The number of nitriles is 1. The first-order valence-electron chi connectivity index (χ1n) is 5.11.